The van der Waals surface area contributed by atoms with Crippen molar-refractivity contribution >= 4 is 40.0 Å². The number of hydrogen-bond donors (Lipinski definition) is 2. The summed E-state index contributed by atoms with van der Waals surface area (Å²) in [6.45, 7) is 7.96. The molecule has 0 bridgehead atoms. The van der Waals surface area contributed by atoms with Crippen LogP contribution in [0, 0.1) is 12.7 Å². The van der Waals surface area contributed by atoms with Gasteiger partial charge in [-0.1, -0.05) is 60.1 Å². The molecule has 2 aromatic heterocycles. The van der Waals surface area contributed by atoms with Crippen molar-refractivity contribution in [3.63, 3.8) is 0 Å². The predicted octanol–water partition coefficient (Wildman–Crippen LogP) is 8.98. The number of carbonyl (C=O) groups excluding carboxylic acids is 2. The summed E-state index contributed by atoms with van der Waals surface area (Å²) in [4.78, 5) is 31.6. The molecule has 0 unspecified atom stereocenters. The fourth-order valence-corrected chi connectivity index (χ4v) is 7.90. The Labute approximate surface area is 311 Å². The molecule has 2 saturated heterocycles. The summed E-state index contributed by atoms with van der Waals surface area (Å²) in [6, 6.07) is 19.5. The van der Waals surface area contributed by atoms with Gasteiger partial charge in [0.25, 0.3) is 6.43 Å². The van der Waals surface area contributed by atoms with Gasteiger partial charge in [-0.05, 0) is 93.9 Å². The van der Waals surface area contributed by atoms with Crippen LogP contribution in [0.2, 0.25) is 5.02 Å². The van der Waals surface area contributed by atoms with Crippen molar-refractivity contribution in [1.29, 1.82) is 0 Å². The zero-order valence-electron chi connectivity index (χ0n) is 29.7. The van der Waals surface area contributed by atoms with Crippen LogP contribution in [-0.4, -0.2) is 45.0 Å². The third-order valence-electron chi connectivity index (χ3n) is 10.9. The Bertz CT molecular complexity index is 2210. The Balaban J connectivity index is 1.04. The molecule has 8 nitrogen and oxygen atoms in total. The van der Waals surface area contributed by atoms with Gasteiger partial charge in [0.2, 0.25) is 11.8 Å². The highest BCUT2D eigenvalue weighted by Gasteiger charge is 2.40. The quantitative estimate of drug-likeness (QED) is 0.146. The topological polar surface area (TPSA) is 100 Å². The molecular weight excluding hydrogens is 701 g/mol. The number of aromatic nitrogens is 3. The number of imide groups is 1. The average molecular weight is 741 g/mol. The molecule has 4 heterocycles. The lowest BCUT2D eigenvalue weighted by molar-refractivity contribution is -0.137. The van der Waals surface area contributed by atoms with E-state index in [0.29, 0.717) is 35.3 Å². The van der Waals surface area contributed by atoms with Gasteiger partial charge >= 0.3 is 0 Å². The van der Waals surface area contributed by atoms with Crippen molar-refractivity contribution in [2.24, 2.45) is 0 Å². The summed E-state index contributed by atoms with van der Waals surface area (Å²) in [5.41, 5.74) is 4.10. The predicted molar refractivity (Wildman–Crippen MR) is 199 cm³/mol. The van der Waals surface area contributed by atoms with E-state index in [1.54, 1.807) is 13.1 Å². The van der Waals surface area contributed by atoms with Crippen molar-refractivity contribution in [2.75, 3.05) is 18.4 Å². The number of fused-ring (bicyclic) bond motifs is 1. The van der Waals surface area contributed by atoms with E-state index in [1.807, 2.05) is 50.2 Å². The van der Waals surface area contributed by atoms with Gasteiger partial charge < -0.3 is 5.32 Å². The molecule has 2 aliphatic rings. The second-order valence-electron chi connectivity index (χ2n) is 14.4. The molecule has 5 aromatic rings. The van der Waals surface area contributed by atoms with Crippen LogP contribution in [0.1, 0.15) is 91.4 Å². The number of pyridine rings is 1. The number of hydrogen-bond acceptors (Lipinski definition) is 7. The minimum atomic E-state index is -2.92. The van der Waals surface area contributed by atoms with Crippen molar-refractivity contribution in [3.8, 4) is 11.3 Å². The van der Waals surface area contributed by atoms with E-state index in [0.717, 1.165) is 77.3 Å². The molecule has 53 heavy (non-hydrogen) atoms. The number of likely N-dealkylation sites (tertiary alicyclic amines) is 1. The molecule has 0 radical (unpaired) electrons. The number of rotatable bonds is 9. The number of nitrogens with zero attached hydrogens (tertiary/aromatic N) is 4. The van der Waals surface area contributed by atoms with E-state index in [1.165, 1.54) is 12.1 Å². The lowest BCUT2D eigenvalue weighted by Crippen LogP contribution is -2.49. The second kappa shape index (κ2) is 14.9. The minimum Gasteiger partial charge on any atom is -0.361 e. The molecule has 2 aliphatic heterocycles. The van der Waals surface area contributed by atoms with Crippen molar-refractivity contribution in [3.05, 3.63) is 117 Å². The highest BCUT2D eigenvalue weighted by Crippen LogP contribution is 2.39. The number of halogens is 4. The highest BCUT2D eigenvalue weighted by atomic mass is 35.5. The normalized spacial score (nSPS) is 19.1. The maximum absolute atomic E-state index is 15.0. The third-order valence-corrected chi connectivity index (χ3v) is 11.2. The number of amides is 2. The first kappa shape index (κ1) is 36.5. The van der Waals surface area contributed by atoms with Crippen LogP contribution in [-0.2, 0) is 21.5 Å². The van der Waals surface area contributed by atoms with Crippen LogP contribution in [0.25, 0.3) is 22.0 Å². The molecule has 2 N–H and O–H groups in total. The average Bonchev–Trinajstić information content (AvgIpc) is 3.15. The number of piperidine rings is 2. The largest absolute Gasteiger partial charge is 0.361 e. The minimum absolute atomic E-state index is 0.115. The van der Waals surface area contributed by atoms with E-state index >= 15 is 0 Å². The first-order valence-corrected chi connectivity index (χ1v) is 18.2. The van der Waals surface area contributed by atoms with Crippen LogP contribution in [0.15, 0.2) is 72.9 Å². The van der Waals surface area contributed by atoms with E-state index in [4.69, 9.17) is 16.6 Å². The number of benzene rings is 3. The van der Waals surface area contributed by atoms with Crippen LogP contribution in [0.4, 0.5) is 19.0 Å². The zero-order valence-corrected chi connectivity index (χ0v) is 30.5. The molecule has 0 spiro atoms. The van der Waals surface area contributed by atoms with Crippen molar-refractivity contribution < 1.29 is 22.8 Å². The van der Waals surface area contributed by atoms with Crippen molar-refractivity contribution in [1.82, 2.24) is 25.4 Å². The molecule has 2 fully saturated rings. The Morgan fingerprint density at radius 2 is 1.75 bits per heavy atom. The molecule has 2 atom stereocenters. The van der Waals surface area contributed by atoms with E-state index in [9.17, 15) is 22.8 Å². The van der Waals surface area contributed by atoms with Crippen LogP contribution in [0.3, 0.4) is 0 Å². The first-order valence-electron chi connectivity index (χ1n) is 17.8. The van der Waals surface area contributed by atoms with Crippen LogP contribution in [0.5, 0.6) is 0 Å². The summed E-state index contributed by atoms with van der Waals surface area (Å²) in [5, 5.41) is 16.4. The number of anilines is 1. The lowest BCUT2D eigenvalue weighted by atomic mass is 9.75. The summed E-state index contributed by atoms with van der Waals surface area (Å²) in [6.07, 6.45) is 1.50. The smallest absolute Gasteiger partial charge is 0.266 e. The van der Waals surface area contributed by atoms with E-state index in [2.05, 4.69) is 37.9 Å². The molecule has 3 aromatic carbocycles. The SMILES string of the molecule is Cc1nnc(N[C@H](C)c2cccc(C(F)F)c2F)c2cc(-c3cccc(CN4CCC(c5ccc([C@@]6(C)CCC(=O)NC6=O)cc5Cl)CC4)c3)ncc12. The van der Waals surface area contributed by atoms with E-state index < -0.39 is 29.3 Å². The maximum atomic E-state index is 15.0. The molecule has 7 rings (SSSR count). The van der Waals surface area contributed by atoms with Crippen LogP contribution >= 0.6 is 11.6 Å². The molecule has 2 amide bonds. The summed E-state index contributed by atoms with van der Waals surface area (Å²) in [5.74, 6) is -0.746. The number of aryl methyl sites for hydroxylation is 1. The fraction of sp³-hybridized carbons (Fsp3) is 0.341. The van der Waals surface area contributed by atoms with Gasteiger partial charge in [0.05, 0.1) is 28.4 Å². The van der Waals surface area contributed by atoms with Gasteiger partial charge in [0.15, 0.2) is 5.82 Å². The molecule has 0 aliphatic carbocycles. The Morgan fingerprint density at radius 1 is 1.00 bits per heavy atom. The maximum Gasteiger partial charge on any atom is 0.266 e. The Morgan fingerprint density at radius 3 is 2.49 bits per heavy atom. The van der Waals surface area contributed by atoms with Gasteiger partial charge in [-0.25, -0.2) is 13.2 Å². The fourth-order valence-electron chi connectivity index (χ4n) is 7.56. The summed E-state index contributed by atoms with van der Waals surface area (Å²) < 4.78 is 41.7. The van der Waals surface area contributed by atoms with Gasteiger partial charge in [0.1, 0.15) is 5.82 Å². The summed E-state index contributed by atoms with van der Waals surface area (Å²) in [7, 11) is 0. The lowest BCUT2D eigenvalue weighted by Gasteiger charge is -2.34. The number of nitrogens with one attached hydrogen (secondary N) is 2. The Hall–Kier alpha value is -4.87. The number of alkyl halides is 2. The molecular formula is C41H40ClF3N6O2. The standard InChI is InChI=1S/C41H40ClF3N6O2/c1-23(29-8-5-9-31(37(29)43)38(44)45)47-39-32-20-35(46-21-33(32)24(2)49-50-39)27-7-4-6-25(18-27)22-51-16-13-26(14-17-51)30-11-10-28(19-34(30)42)41(3)15-12-36(52)48-40(41)53/h4-11,18-21,23,26,38H,12-17,22H2,1-3H3,(H,47,50)(H,48,52,53)/t23-,41-/m1/s1. The zero-order chi connectivity index (χ0) is 37.4. The van der Waals surface area contributed by atoms with Crippen molar-refractivity contribution in [2.45, 2.75) is 76.8 Å². The van der Waals surface area contributed by atoms with Gasteiger partial charge in [-0.2, -0.15) is 5.10 Å². The summed E-state index contributed by atoms with van der Waals surface area (Å²) >= 11 is 6.82. The molecule has 12 heteroatoms. The van der Waals surface area contributed by atoms with Gasteiger partial charge in [-0.3, -0.25) is 24.8 Å². The van der Waals surface area contributed by atoms with E-state index in [-0.39, 0.29) is 17.4 Å². The molecule has 0 saturated carbocycles. The Kier molecular flexibility index (Phi) is 10.2. The number of carbonyl (C=O) groups is 2. The first-order chi connectivity index (χ1) is 25.4. The van der Waals surface area contributed by atoms with Crippen LogP contribution < -0.4 is 10.6 Å². The van der Waals surface area contributed by atoms with Gasteiger partial charge in [-0.15, -0.1) is 5.10 Å². The highest BCUT2D eigenvalue weighted by molar-refractivity contribution is 6.31. The second-order valence-corrected chi connectivity index (χ2v) is 14.8. The van der Waals surface area contributed by atoms with Gasteiger partial charge in [0, 0.05) is 46.1 Å². The third kappa shape index (κ3) is 7.37. The molecule has 274 valence electrons. The monoisotopic (exact) mass is 740 g/mol.